The van der Waals surface area contributed by atoms with Gasteiger partial charge in [-0.2, -0.15) is 4.31 Å². The van der Waals surface area contributed by atoms with Gasteiger partial charge in [0.05, 0.1) is 4.90 Å². The van der Waals surface area contributed by atoms with Crippen molar-refractivity contribution in [2.75, 3.05) is 12.4 Å². The molecule has 0 N–H and O–H groups in total. The van der Waals surface area contributed by atoms with Crippen molar-refractivity contribution in [3.05, 3.63) is 29.8 Å². The molecule has 1 atom stereocenters. The summed E-state index contributed by atoms with van der Waals surface area (Å²) in [5, 5.41) is 0. The van der Waals surface area contributed by atoms with Crippen molar-refractivity contribution < 1.29 is 8.42 Å². The van der Waals surface area contributed by atoms with Gasteiger partial charge in [0.1, 0.15) is 0 Å². The Hall–Kier alpha value is -0.580. The average molecular weight is 302 g/mol. The second-order valence-electron chi connectivity index (χ2n) is 4.90. The highest BCUT2D eigenvalue weighted by molar-refractivity contribution is 7.89. The van der Waals surface area contributed by atoms with Gasteiger partial charge in [-0.1, -0.05) is 19.1 Å². The minimum absolute atomic E-state index is 0.160. The van der Waals surface area contributed by atoms with E-state index in [-0.39, 0.29) is 6.04 Å². The lowest BCUT2D eigenvalue weighted by Gasteiger charge is -2.23. The van der Waals surface area contributed by atoms with Gasteiger partial charge in [0, 0.05) is 18.5 Å². The van der Waals surface area contributed by atoms with E-state index in [4.69, 9.17) is 11.6 Å². The highest BCUT2D eigenvalue weighted by Crippen LogP contribution is 2.27. The van der Waals surface area contributed by atoms with E-state index in [1.807, 2.05) is 19.1 Å². The number of hydrogen-bond donors (Lipinski definition) is 0. The number of aryl methyl sites for hydroxylation is 1. The molecule has 0 saturated carbocycles. The number of nitrogens with zero attached hydrogens (tertiary/aromatic N) is 1. The summed E-state index contributed by atoms with van der Waals surface area (Å²) in [5.74, 6) is 0.552. The summed E-state index contributed by atoms with van der Waals surface area (Å²) in [5.41, 5.74) is 1.07. The van der Waals surface area contributed by atoms with Gasteiger partial charge in [-0.15, -0.1) is 11.6 Å². The molecule has 106 valence electrons. The third kappa shape index (κ3) is 3.12. The fourth-order valence-electron chi connectivity index (χ4n) is 2.61. The molecule has 1 heterocycles. The first-order chi connectivity index (χ1) is 9.09. The molecule has 5 heteroatoms. The largest absolute Gasteiger partial charge is 0.243 e. The van der Waals surface area contributed by atoms with Gasteiger partial charge >= 0.3 is 0 Å². The molecule has 19 heavy (non-hydrogen) atoms. The van der Waals surface area contributed by atoms with Crippen LogP contribution in [0.3, 0.4) is 0 Å². The Morgan fingerprint density at radius 1 is 1.32 bits per heavy atom. The molecule has 0 aliphatic carbocycles. The zero-order valence-corrected chi connectivity index (χ0v) is 12.8. The molecule has 1 aliphatic rings. The molecule has 0 aromatic heterocycles. The molecule has 3 nitrogen and oxygen atoms in total. The smallest absolute Gasteiger partial charge is 0.207 e. The SMILES string of the molecule is CCC1CCCN1S(=O)(=O)c1ccc(CCCl)cc1. The van der Waals surface area contributed by atoms with Crippen LogP contribution in [0.1, 0.15) is 31.7 Å². The van der Waals surface area contributed by atoms with E-state index in [2.05, 4.69) is 0 Å². The van der Waals surface area contributed by atoms with Crippen molar-refractivity contribution in [1.29, 1.82) is 0 Å². The van der Waals surface area contributed by atoms with E-state index >= 15 is 0 Å². The molecular formula is C14H20ClNO2S. The molecule has 0 radical (unpaired) electrons. The molecular weight excluding hydrogens is 282 g/mol. The number of alkyl halides is 1. The van der Waals surface area contributed by atoms with Gasteiger partial charge < -0.3 is 0 Å². The highest BCUT2D eigenvalue weighted by atomic mass is 35.5. The molecule has 1 aromatic rings. The van der Waals surface area contributed by atoms with Crippen molar-refractivity contribution in [2.45, 2.75) is 43.5 Å². The maximum atomic E-state index is 12.6. The zero-order chi connectivity index (χ0) is 13.9. The van der Waals surface area contributed by atoms with Crippen molar-refractivity contribution in [3.63, 3.8) is 0 Å². The predicted octanol–water partition coefficient (Wildman–Crippen LogP) is 3.03. The average Bonchev–Trinajstić information content (AvgIpc) is 2.89. The normalized spacial score (nSPS) is 20.8. The van der Waals surface area contributed by atoms with Gasteiger partial charge in [-0.3, -0.25) is 0 Å². The summed E-state index contributed by atoms with van der Waals surface area (Å²) in [6.07, 6.45) is 3.58. The summed E-state index contributed by atoms with van der Waals surface area (Å²) >= 11 is 5.68. The maximum absolute atomic E-state index is 12.6. The monoisotopic (exact) mass is 301 g/mol. The molecule has 0 spiro atoms. The topological polar surface area (TPSA) is 37.4 Å². The lowest BCUT2D eigenvalue weighted by atomic mass is 10.2. The first-order valence-electron chi connectivity index (χ1n) is 6.76. The van der Waals surface area contributed by atoms with E-state index in [9.17, 15) is 8.42 Å². The number of sulfonamides is 1. The summed E-state index contributed by atoms with van der Waals surface area (Å²) in [6.45, 7) is 2.69. The van der Waals surface area contributed by atoms with Crippen molar-refractivity contribution in [3.8, 4) is 0 Å². The predicted molar refractivity (Wildman–Crippen MR) is 78.1 cm³/mol. The Morgan fingerprint density at radius 2 is 2.00 bits per heavy atom. The minimum atomic E-state index is -3.33. The first kappa shape index (κ1) is 14.8. The van der Waals surface area contributed by atoms with Crippen LogP contribution in [0.15, 0.2) is 29.2 Å². The molecule has 0 bridgehead atoms. The van der Waals surface area contributed by atoms with Crippen LogP contribution in [0, 0.1) is 0 Å². The summed E-state index contributed by atoms with van der Waals surface area (Å²) in [6, 6.07) is 7.26. The van der Waals surface area contributed by atoms with Crippen LogP contribution < -0.4 is 0 Å². The van der Waals surface area contributed by atoms with Crippen LogP contribution in [0.25, 0.3) is 0 Å². The van der Waals surface area contributed by atoms with Crippen LogP contribution in [0.4, 0.5) is 0 Å². The third-order valence-electron chi connectivity index (χ3n) is 3.71. The van der Waals surface area contributed by atoms with Crippen molar-refractivity contribution in [2.24, 2.45) is 0 Å². The second kappa shape index (κ2) is 6.25. The molecule has 1 saturated heterocycles. The van der Waals surface area contributed by atoms with Gasteiger partial charge in [-0.25, -0.2) is 8.42 Å². The van der Waals surface area contributed by atoms with Gasteiger partial charge in [-0.05, 0) is 43.4 Å². The summed E-state index contributed by atoms with van der Waals surface area (Å²) in [4.78, 5) is 0.395. The lowest BCUT2D eigenvalue weighted by Crippen LogP contribution is -2.35. The first-order valence-corrected chi connectivity index (χ1v) is 8.73. The number of halogens is 1. The molecule has 2 rings (SSSR count). The highest BCUT2D eigenvalue weighted by Gasteiger charge is 2.33. The van der Waals surface area contributed by atoms with Crippen LogP contribution in [-0.2, 0) is 16.4 Å². The molecule has 1 aromatic carbocycles. The maximum Gasteiger partial charge on any atom is 0.243 e. The Kier molecular flexibility index (Phi) is 4.87. The summed E-state index contributed by atoms with van der Waals surface area (Å²) in [7, 11) is -3.33. The summed E-state index contributed by atoms with van der Waals surface area (Å²) < 4.78 is 26.8. The Bertz CT molecular complexity index is 513. The van der Waals surface area contributed by atoms with Crippen molar-refractivity contribution in [1.82, 2.24) is 4.31 Å². The van der Waals surface area contributed by atoms with E-state index in [0.717, 1.165) is 31.2 Å². The Balaban J connectivity index is 2.24. The van der Waals surface area contributed by atoms with E-state index in [1.165, 1.54) is 0 Å². The van der Waals surface area contributed by atoms with Gasteiger partial charge in [0.25, 0.3) is 0 Å². The molecule has 1 aliphatic heterocycles. The fourth-order valence-corrected chi connectivity index (χ4v) is 4.59. The number of hydrogen-bond acceptors (Lipinski definition) is 2. The van der Waals surface area contributed by atoms with Gasteiger partial charge in [0.15, 0.2) is 0 Å². The van der Waals surface area contributed by atoms with E-state index in [1.54, 1.807) is 16.4 Å². The Morgan fingerprint density at radius 3 is 2.58 bits per heavy atom. The van der Waals surface area contributed by atoms with E-state index in [0.29, 0.717) is 17.3 Å². The fraction of sp³-hybridized carbons (Fsp3) is 0.571. The quantitative estimate of drug-likeness (QED) is 0.784. The second-order valence-corrected chi connectivity index (χ2v) is 7.17. The number of benzene rings is 1. The minimum Gasteiger partial charge on any atom is -0.207 e. The van der Waals surface area contributed by atoms with Crippen LogP contribution in [0.2, 0.25) is 0 Å². The van der Waals surface area contributed by atoms with Crippen LogP contribution >= 0.6 is 11.6 Å². The Labute approximate surface area is 120 Å². The molecule has 1 unspecified atom stereocenters. The van der Waals surface area contributed by atoms with Gasteiger partial charge in [0.2, 0.25) is 10.0 Å². The van der Waals surface area contributed by atoms with E-state index < -0.39 is 10.0 Å². The standard InChI is InChI=1S/C14H20ClNO2S/c1-2-13-4-3-11-16(13)19(17,18)14-7-5-12(6-8-14)9-10-15/h5-8,13H,2-4,9-11H2,1H3. The third-order valence-corrected chi connectivity index (χ3v) is 5.86. The zero-order valence-electron chi connectivity index (χ0n) is 11.2. The molecule has 1 fully saturated rings. The van der Waals surface area contributed by atoms with Crippen molar-refractivity contribution >= 4 is 21.6 Å². The van der Waals surface area contributed by atoms with Crippen LogP contribution in [0.5, 0.6) is 0 Å². The number of rotatable bonds is 5. The van der Waals surface area contributed by atoms with Crippen LogP contribution in [-0.4, -0.2) is 31.2 Å². The lowest BCUT2D eigenvalue weighted by molar-refractivity contribution is 0.379. The molecule has 0 amide bonds.